The van der Waals surface area contributed by atoms with E-state index in [-0.39, 0.29) is 4.32 Å². The van der Waals surface area contributed by atoms with Gasteiger partial charge in [0.05, 0.1) is 18.6 Å². The number of carbonyl (C=O) groups is 2. The molecule has 2 amide bonds. The van der Waals surface area contributed by atoms with E-state index in [1.165, 1.54) is 0 Å². The van der Waals surface area contributed by atoms with Gasteiger partial charge >= 0.3 is 0 Å². The van der Waals surface area contributed by atoms with Crippen LogP contribution in [0.2, 0.25) is 5.02 Å². The summed E-state index contributed by atoms with van der Waals surface area (Å²) in [6.45, 7) is 2.36. The van der Waals surface area contributed by atoms with Crippen LogP contribution in [0.3, 0.4) is 0 Å². The van der Waals surface area contributed by atoms with E-state index in [4.69, 9.17) is 33.3 Å². The van der Waals surface area contributed by atoms with E-state index in [1.54, 1.807) is 55.7 Å². The van der Waals surface area contributed by atoms with Gasteiger partial charge in [-0.1, -0.05) is 29.4 Å². The monoisotopic (exact) mass is 448 g/mol. The Hall–Kier alpha value is -2.55. The van der Waals surface area contributed by atoms with Crippen LogP contribution in [0.4, 0.5) is 0 Å². The molecule has 1 aliphatic heterocycles. The predicted molar refractivity (Wildman–Crippen MR) is 118 cm³/mol. The standard InChI is InChI=1S/C20H17ClN2O4S2/c1-3-27-16-10-12(4-9-15(16)26-2)11-17-19(25)23(20(28)29-17)22-18(24)13-5-7-14(21)8-6-13/h4-11H,3H2,1-2H3,(H,22,24)/b17-11+. The molecule has 2 aromatic rings. The lowest BCUT2D eigenvalue weighted by Crippen LogP contribution is -2.44. The molecule has 1 heterocycles. The highest BCUT2D eigenvalue weighted by molar-refractivity contribution is 8.26. The highest BCUT2D eigenvalue weighted by atomic mass is 35.5. The maximum absolute atomic E-state index is 12.7. The molecule has 0 bridgehead atoms. The smallest absolute Gasteiger partial charge is 0.285 e. The van der Waals surface area contributed by atoms with Gasteiger partial charge in [0.25, 0.3) is 11.8 Å². The number of nitrogens with one attached hydrogen (secondary N) is 1. The molecular weight excluding hydrogens is 432 g/mol. The average molecular weight is 449 g/mol. The van der Waals surface area contributed by atoms with Crippen molar-refractivity contribution in [2.75, 3.05) is 13.7 Å². The molecule has 0 aliphatic carbocycles. The number of thiocarbonyl (C=S) groups is 1. The molecule has 1 aliphatic rings. The second-order valence-electron chi connectivity index (χ2n) is 5.81. The topological polar surface area (TPSA) is 67.9 Å². The highest BCUT2D eigenvalue weighted by Gasteiger charge is 2.33. The molecule has 2 aromatic carbocycles. The number of amides is 2. The van der Waals surface area contributed by atoms with Crippen molar-refractivity contribution in [1.29, 1.82) is 0 Å². The van der Waals surface area contributed by atoms with Crippen molar-refractivity contribution >= 4 is 57.8 Å². The third kappa shape index (κ3) is 4.90. The fourth-order valence-corrected chi connectivity index (χ4v) is 3.84. The maximum Gasteiger partial charge on any atom is 0.285 e. The van der Waals surface area contributed by atoms with Crippen LogP contribution in [0.1, 0.15) is 22.8 Å². The minimum absolute atomic E-state index is 0.238. The fraction of sp³-hybridized carbons (Fsp3) is 0.150. The number of carbonyl (C=O) groups excluding carboxylic acids is 2. The zero-order valence-electron chi connectivity index (χ0n) is 15.6. The minimum atomic E-state index is -0.456. The summed E-state index contributed by atoms with van der Waals surface area (Å²) < 4.78 is 11.1. The minimum Gasteiger partial charge on any atom is -0.493 e. The molecule has 1 saturated heterocycles. The number of hydrogen-bond acceptors (Lipinski definition) is 6. The normalized spacial score (nSPS) is 15.0. The van der Waals surface area contributed by atoms with Gasteiger partial charge in [0.1, 0.15) is 0 Å². The molecule has 1 N–H and O–H groups in total. The molecule has 29 heavy (non-hydrogen) atoms. The Morgan fingerprint density at radius 3 is 2.62 bits per heavy atom. The molecule has 1 fully saturated rings. The van der Waals surface area contributed by atoms with Gasteiger partial charge in [0.15, 0.2) is 15.8 Å². The van der Waals surface area contributed by atoms with Gasteiger partial charge in [0.2, 0.25) is 0 Å². The first-order valence-corrected chi connectivity index (χ1v) is 10.2. The summed E-state index contributed by atoms with van der Waals surface area (Å²) in [7, 11) is 1.56. The Morgan fingerprint density at radius 2 is 1.97 bits per heavy atom. The van der Waals surface area contributed by atoms with E-state index in [0.29, 0.717) is 33.6 Å². The molecular formula is C20H17ClN2O4S2. The molecule has 6 nitrogen and oxygen atoms in total. The Morgan fingerprint density at radius 1 is 1.24 bits per heavy atom. The first-order valence-electron chi connectivity index (χ1n) is 8.58. The Labute approximate surface area is 182 Å². The lowest BCUT2D eigenvalue weighted by atomic mass is 10.2. The number of nitrogens with zero attached hydrogens (tertiary/aromatic N) is 1. The van der Waals surface area contributed by atoms with Crippen molar-refractivity contribution in [3.8, 4) is 11.5 Å². The molecule has 3 rings (SSSR count). The van der Waals surface area contributed by atoms with Crippen molar-refractivity contribution in [3.05, 3.63) is 63.5 Å². The average Bonchev–Trinajstić information content (AvgIpc) is 2.96. The molecule has 0 atom stereocenters. The summed E-state index contributed by atoms with van der Waals surface area (Å²) in [6, 6.07) is 11.7. The number of benzene rings is 2. The zero-order chi connectivity index (χ0) is 21.0. The van der Waals surface area contributed by atoms with E-state index < -0.39 is 11.8 Å². The van der Waals surface area contributed by atoms with Crippen LogP contribution in [0.25, 0.3) is 6.08 Å². The van der Waals surface area contributed by atoms with Crippen molar-refractivity contribution in [2.45, 2.75) is 6.92 Å². The summed E-state index contributed by atoms with van der Waals surface area (Å²) in [5.74, 6) is 0.320. The number of hydrogen-bond donors (Lipinski definition) is 1. The van der Waals surface area contributed by atoms with Crippen molar-refractivity contribution in [3.63, 3.8) is 0 Å². The predicted octanol–water partition coefficient (Wildman–Crippen LogP) is 4.29. The number of ether oxygens (including phenoxy) is 2. The third-order valence-electron chi connectivity index (χ3n) is 3.90. The summed E-state index contributed by atoms with van der Waals surface area (Å²) in [5.41, 5.74) is 3.65. The van der Waals surface area contributed by atoms with Gasteiger partial charge in [-0.05, 0) is 67.2 Å². The second kappa shape index (κ2) is 9.30. The summed E-state index contributed by atoms with van der Waals surface area (Å²) in [6.07, 6.45) is 1.69. The van der Waals surface area contributed by atoms with Crippen LogP contribution < -0.4 is 14.9 Å². The van der Waals surface area contributed by atoms with E-state index in [0.717, 1.165) is 22.3 Å². The van der Waals surface area contributed by atoms with Gasteiger partial charge in [-0.15, -0.1) is 0 Å². The number of hydrazine groups is 1. The van der Waals surface area contributed by atoms with Crippen molar-refractivity contribution < 1.29 is 19.1 Å². The van der Waals surface area contributed by atoms with Gasteiger partial charge in [-0.2, -0.15) is 5.01 Å². The second-order valence-corrected chi connectivity index (χ2v) is 7.92. The maximum atomic E-state index is 12.7. The molecule has 0 spiro atoms. The SMILES string of the molecule is CCOc1cc(/C=C2/SC(=S)N(NC(=O)c3ccc(Cl)cc3)C2=O)ccc1OC. The molecule has 0 aromatic heterocycles. The Kier molecular flexibility index (Phi) is 6.79. The lowest BCUT2D eigenvalue weighted by molar-refractivity contribution is -0.123. The van der Waals surface area contributed by atoms with Crippen LogP contribution in [0.5, 0.6) is 11.5 Å². The van der Waals surface area contributed by atoms with Crippen LogP contribution in [-0.2, 0) is 4.79 Å². The van der Waals surface area contributed by atoms with E-state index in [1.807, 2.05) is 6.92 Å². The van der Waals surface area contributed by atoms with Gasteiger partial charge < -0.3 is 9.47 Å². The summed E-state index contributed by atoms with van der Waals surface area (Å²) in [4.78, 5) is 25.5. The number of methoxy groups -OCH3 is 1. The van der Waals surface area contributed by atoms with E-state index in [2.05, 4.69) is 5.43 Å². The largest absolute Gasteiger partial charge is 0.493 e. The lowest BCUT2D eigenvalue weighted by Gasteiger charge is -2.15. The number of thioether (sulfide) groups is 1. The zero-order valence-corrected chi connectivity index (χ0v) is 18.0. The quantitative estimate of drug-likeness (QED) is 0.525. The molecule has 0 saturated carbocycles. The molecule has 150 valence electrons. The molecule has 9 heteroatoms. The van der Waals surface area contributed by atoms with Crippen LogP contribution in [0, 0.1) is 0 Å². The Balaban J connectivity index is 1.78. The van der Waals surface area contributed by atoms with Gasteiger partial charge in [0, 0.05) is 10.6 Å². The van der Waals surface area contributed by atoms with E-state index in [9.17, 15) is 9.59 Å². The highest BCUT2D eigenvalue weighted by Crippen LogP contribution is 2.34. The van der Waals surface area contributed by atoms with Crippen LogP contribution in [-0.4, -0.2) is 34.9 Å². The third-order valence-corrected chi connectivity index (χ3v) is 5.45. The Bertz CT molecular complexity index is 992. The van der Waals surface area contributed by atoms with Gasteiger partial charge in [-0.3, -0.25) is 15.0 Å². The first-order chi connectivity index (χ1) is 13.9. The first kappa shape index (κ1) is 21.2. The molecule has 0 unspecified atom stereocenters. The fourth-order valence-electron chi connectivity index (χ4n) is 2.53. The van der Waals surface area contributed by atoms with Crippen molar-refractivity contribution in [1.82, 2.24) is 10.4 Å². The van der Waals surface area contributed by atoms with Gasteiger partial charge in [-0.25, -0.2) is 0 Å². The van der Waals surface area contributed by atoms with Crippen LogP contribution in [0.15, 0.2) is 47.4 Å². The van der Waals surface area contributed by atoms with Crippen LogP contribution >= 0.6 is 35.6 Å². The molecule has 0 radical (unpaired) electrons. The summed E-state index contributed by atoms with van der Waals surface area (Å²) in [5, 5.41) is 1.58. The summed E-state index contributed by atoms with van der Waals surface area (Å²) >= 11 is 12.2. The van der Waals surface area contributed by atoms with E-state index >= 15 is 0 Å². The number of rotatable bonds is 6. The van der Waals surface area contributed by atoms with Crippen molar-refractivity contribution in [2.24, 2.45) is 0 Å². The number of halogens is 1.